The maximum Gasteiger partial charge on any atom is 0.211 e. The van der Waals surface area contributed by atoms with Gasteiger partial charge in [0.25, 0.3) is 0 Å². The van der Waals surface area contributed by atoms with Crippen molar-refractivity contribution in [2.24, 2.45) is 5.92 Å². The van der Waals surface area contributed by atoms with Gasteiger partial charge in [-0.3, -0.25) is 0 Å². The first kappa shape index (κ1) is 11.9. The lowest BCUT2D eigenvalue weighted by atomic mass is 10.1. The van der Waals surface area contributed by atoms with Crippen molar-refractivity contribution in [1.29, 1.82) is 0 Å². The quantitative estimate of drug-likeness (QED) is 0.646. The second-order valence-electron chi connectivity index (χ2n) is 3.06. The highest BCUT2D eigenvalue weighted by molar-refractivity contribution is 7.89. The fraction of sp³-hybridized carbons (Fsp3) is 1.00. The fourth-order valence-corrected chi connectivity index (χ4v) is 1.18. The molecule has 0 aliphatic heterocycles. The molecule has 0 aliphatic rings. The molecule has 0 amide bonds. The van der Waals surface area contributed by atoms with Crippen LogP contribution in [-0.4, -0.2) is 31.9 Å². The van der Waals surface area contributed by atoms with Crippen molar-refractivity contribution in [1.82, 2.24) is 4.72 Å². The standard InChI is InChI=1S/C7H17NO3S/c1-4-12(10,11)8-5-7(9)6(2)3/h6-9H,4-5H2,1-3H3. The summed E-state index contributed by atoms with van der Waals surface area (Å²) in [6, 6.07) is 0. The summed E-state index contributed by atoms with van der Waals surface area (Å²) in [4.78, 5) is 0. The van der Waals surface area contributed by atoms with Gasteiger partial charge in [0, 0.05) is 6.54 Å². The van der Waals surface area contributed by atoms with Crippen LogP contribution in [0.4, 0.5) is 0 Å². The Kier molecular flexibility index (Phi) is 4.74. The second kappa shape index (κ2) is 4.79. The van der Waals surface area contributed by atoms with Crippen LogP contribution < -0.4 is 4.72 Å². The third-order valence-electron chi connectivity index (χ3n) is 1.66. The molecule has 0 saturated carbocycles. The van der Waals surface area contributed by atoms with Crippen LogP contribution in [0.2, 0.25) is 0 Å². The average molecular weight is 195 g/mol. The third kappa shape index (κ3) is 4.69. The van der Waals surface area contributed by atoms with Crippen LogP contribution in [0, 0.1) is 5.92 Å². The largest absolute Gasteiger partial charge is 0.391 e. The minimum Gasteiger partial charge on any atom is -0.391 e. The molecule has 0 aromatic carbocycles. The molecule has 0 aliphatic carbocycles. The molecule has 1 atom stereocenters. The summed E-state index contributed by atoms with van der Waals surface area (Å²) < 4.78 is 24.1. The van der Waals surface area contributed by atoms with Crippen molar-refractivity contribution < 1.29 is 13.5 Å². The molecule has 0 spiro atoms. The fourth-order valence-electron chi connectivity index (χ4n) is 0.550. The number of rotatable bonds is 5. The number of sulfonamides is 1. The highest BCUT2D eigenvalue weighted by Crippen LogP contribution is 1.99. The maximum absolute atomic E-state index is 10.9. The molecule has 2 N–H and O–H groups in total. The predicted molar refractivity (Wildman–Crippen MR) is 48.3 cm³/mol. The van der Waals surface area contributed by atoms with Gasteiger partial charge >= 0.3 is 0 Å². The summed E-state index contributed by atoms with van der Waals surface area (Å²) in [7, 11) is -3.16. The Morgan fingerprint density at radius 3 is 2.25 bits per heavy atom. The van der Waals surface area contributed by atoms with Crippen LogP contribution in [-0.2, 0) is 10.0 Å². The van der Waals surface area contributed by atoms with Crippen molar-refractivity contribution in [3.8, 4) is 0 Å². The first-order chi connectivity index (χ1) is 5.39. The van der Waals surface area contributed by atoms with E-state index >= 15 is 0 Å². The van der Waals surface area contributed by atoms with Crippen molar-refractivity contribution in [3.05, 3.63) is 0 Å². The lowest BCUT2D eigenvalue weighted by molar-refractivity contribution is 0.129. The molecule has 5 heteroatoms. The molecular weight excluding hydrogens is 178 g/mol. The van der Waals surface area contributed by atoms with E-state index in [2.05, 4.69) is 4.72 Å². The molecule has 0 fully saturated rings. The Morgan fingerprint density at radius 1 is 1.42 bits per heavy atom. The SMILES string of the molecule is CCS(=O)(=O)NCC(O)C(C)C. The van der Waals surface area contributed by atoms with Crippen LogP contribution in [0.3, 0.4) is 0 Å². The van der Waals surface area contributed by atoms with Gasteiger partial charge in [0.1, 0.15) is 0 Å². The van der Waals surface area contributed by atoms with Gasteiger partial charge < -0.3 is 5.11 Å². The van der Waals surface area contributed by atoms with Crippen molar-refractivity contribution in [3.63, 3.8) is 0 Å². The van der Waals surface area contributed by atoms with Crippen LogP contribution in [0.15, 0.2) is 0 Å². The lowest BCUT2D eigenvalue weighted by Crippen LogP contribution is -2.35. The molecule has 4 nitrogen and oxygen atoms in total. The van der Waals surface area contributed by atoms with Gasteiger partial charge in [0.15, 0.2) is 0 Å². The summed E-state index contributed by atoms with van der Waals surface area (Å²) in [5, 5.41) is 9.26. The van der Waals surface area contributed by atoms with Gasteiger partial charge in [-0.05, 0) is 12.8 Å². The van der Waals surface area contributed by atoms with Gasteiger partial charge in [-0.15, -0.1) is 0 Å². The highest BCUT2D eigenvalue weighted by atomic mass is 32.2. The number of aliphatic hydroxyl groups is 1. The summed E-state index contributed by atoms with van der Waals surface area (Å²) in [6.07, 6.45) is -0.605. The summed E-state index contributed by atoms with van der Waals surface area (Å²) >= 11 is 0. The van der Waals surface area contributed by atoms with Gasteiger partial charge in [-0.2, -0.15) is 0 Å². The topological polar surface area (TPSA) is 66.4 Å². The molecule has 0 aromatic rings. The first-order valence-electron chi connectivity index (χ1n) is 4.04. The van der Waals surface area contributed by atoms with E-state index < -0.39 is 16.1 Å². The van der Waals surface area contributed by atoms with Gasteiger partial charge in [0.05, 0.1) is 11.9 Å². The van der Waals surface area contributed by atoms with E-state index in [1.165, 1.54) is 0 Å². The second-order valence-corrected chi connectivity index (χ2v) is 5.16. The van der Waals surface area contributed by atoms with Gasteiger partial charge in [-0.1, -0.05) is 13.8 Å². The molecule has 12 heavy (non-hydrogen) atoms. The molecule has 0 aromatic heterocycles. The molecule has 74 valence electrons. The van der Waals surface area contributed by atoms with Gasteiger partial charge in [0.2, 0.25) is 10.0 Å². The third-order valence-corrected chi connectivity index (χ3v) is 3.03. The summed E-state index contributed by atoms with van der Waals surface area (Å²) in [5.74, 6) is 0.127. The molecule has 0 rings (SSSR count). The molecule has 1 unspecified atom stereocenters. The Balaban J connectivity index is 3.84. The number of hydrogen-bond donors (Lipinski definition) is 2. The molecular formula is C7H17NO3S. The predicted octanol–water partition coefficient (Wildman–Crippen LogP) is -0.0574. The smallest absolute Gasteiger partial charge is 0.211 e. The van der Waals surface area contributed by atoms with E-state index in [1.807, 2.05) is 13.8 Å². The zero-order valence-corrected chi connectivity index (χ0v) is 8.56. The minimum atomic E-state index is -3.16. The number of aliphatic hydroxyl groups excluding tert-OH is 1. The zero-order valence-electron chi connectivity index (χ0n) is 7.74. The molecule has 0 bridgehead atoms. The number of hydrogen-bond acceptors (Lipinski definition) is 3. The Morgan fingerprint density at radius 2 is 1.92 bits per heavy atom. The van der Waals surface area contributed by atoms with E-state index in [0.29, 0.717) is 0 Å². The van der Waals surface area contributed by atoms with Crippen molar-refractivity contribution in [2.75, 3.05) is 12.3 Å². The Bertz CT molecular complexity index is 211. The molecule has 0 heterocycles. The van der Waals surface area contributed by atoms with E-state index in [9.17, 15) is 13.5 Å². The van der Waals surface area contributed by atoms with E-state index in [-0.39, 0.29) is 18.2 Å². The monoisotopic (exact) mass is 195 g/mol. The Labute approximate surface area is 74.0 Å². The summed E-state index contributed by atoms with van der Waals surface area (Å²) in [5.41, 5.74) is 0. The Hall–Kier alpha value is -0.130. The highest BCUT2D eigenvalue weighted by Gasteiger charge is 2.12. The lowest BCUT2D eigenvalue weighted by Gasteiger charge is -2.14. The minimum absolute atomic E-state index is 0.0534. The normalized spacial score (nSPS) is 15.1. The molecule has 0 saturated heterocycles. The number of nitrogens with one attached hydrogen (secondary N) is 1. The van der Waals surface area contributed by atoms with Crippen LogP contribution in [0.25, 0.3) is 0 Å². The molecule has 0 radical (unpaired) electrons. The van der Waals surface area contributed by atoms with Crippen LogP contribution in [0.1, 0.15) is 20.8 Å². The van der Waals surface area contributed by atoms with E-state index in [4.69, 9.17) is 0 Å². The average Bonchev–Trinajstić information content (AvgIpc) is 2.00. The summed E-state index contributed by atoms with van der Waals surface area (Å²) in [6.45, 7) is 5.34. The zero-order chi connectivity index (χ0) is 9.78. The maximum atomic E-state index is 10.9. The van der Waals surface area contributed by atoms with E-state index in [1.54, 1.807) is 6.92 Å². The van der Waals surface area contributed by atoms with Gasteiger partial charge in [-0.25, -0.2) is 13.1 Å². The first-order valence-corrected chi connectivity index (χ1v) is 5.69. The van der Waals surface area contributed by atoms with Crippen molar-refractivity contribution >= 4 is 10.0 Å². The van der Waals surface area contributed by atoms with Crippen molar-refractivity contribution in [2.45, 2.75) is 26.9 Å². The van der Waals surface area contributed by atoms with E-state index in [0.717, 1.165) is 0 Å². The van der Waals surface area contributed by atoms with Crippen LogP contribution in [0.5, 0.6) is 0 Å². The van der Waals surface area contributed by atoms with Crippen LogP contribution >= 0.6 is 0 Å².